The van der Waals surface area contributed by atoms with Crippen molar-refractivity contribution in [1.29, 1.82) is 0 Å². The molecule has 31 heavy (non-hydrogen) atoms. The van der Waals surface area contributed by atoms with Crippen LogP contribution in [0.25, 0.3) is 5.82 Å². The predicted molar refractivity (Wildman–Crippen MR) is 110 cm³/mol. The number of amides is 2. The fourth-order valence-electron chi connectivity index (χ4n) is 2.66. The van der Waals surface area contributed by atoms with E-state index in [1.54, 1.807) is 10.7 Å². The lowest BCUT2D eigenvalue weighted by molar-refractivity contribution is -0.385. The van der Waals surface area contributed by atoms with Crippen molar-refractivity contribution in [2.75, 3.05) is 6.61 Å². The Morgan fingerprint density at radius 2 is 1.94 bits per heavy atom. The van der Waals surface area contributed by atoms with Gasteiger partial charge < -0.3 is 4.74 Å². The van der Waals surface area contributed by atoms with Crippen LogP contribution in [0.3, 0.4) is 0 Å². The monoisotopic (exact) mass is 444 g/mol. The number of nitrogens with one attached hydrogen (secondary N) is 2. The zero-order valence-electron chi connectivity index (χ0n) is 16.5. The normalized spacial score (nSPS) is 10.4. The molecule has 1 aromatic carbocycles. The van der Waals surface area contributed by atoms with Crippen LogP contribution in [0.1, 0.15) is 21.9 Å². The fraction of sp³-hybridized carbons (Fsp3) is 0.158. The maximum atomic E-state index is 12.4. The van der Waals surface area contributed by atoms with Gasteiger partial charge in [-0.05, 0) is 38.1 Å². The average Bonchev–Trinajstić information content (AvgIpc) is 3.08. The number of pyridine rings is 1. The lowest BCUT2D eigenvalue weighted by Gasteiger charge is -2.10. The van der Waals surface area contributed by atoms with Crippen LogP contribution in [-0.4, -0.2) is 38.1 Å². The van der Waals surface area contributed by atoms with E-state index in [4.69, 9.17) is 16.3 Å². The molecule has 0 aliphatic carbocycles. The van der Waals surface area contributed by atoms with Crippen molar-refractivity contribution in [2.45, 2.75) is 13.8 Å². The molecule has 0 saturated carbocycles. The van der Waals surface area contributed by atoms with Crippen molar-refractivity contribution in [1.82, 2.24) is 25.6 Å². The van der Waals surface area contributed by atoms with Gasteiger partial charge in [0.2, 0.25) is 0 Å². The maximum absolute atomic E-state index is 12.4. The number of hydrazine groups is 1. The number of nitro groups is 1. The molecule has 3 aromatic rings. The lowest BCUT2D eigenvalue weighted by atomic mass is 10.3. The molecule has 2 heterocycles. The van der Waals surface area contributed by atoms with Gasteiger partial charge in [-0.15, -0.1) is 0 Å². The number of hydrogen-bond donors (Lipinski definition) is 2. The summed E-state index contributed by atoms with van der Waals surface area (Å²) < 4.78 is 6.71. The van der Waals surface area contributed by atoms with E-state index in [-0.39, 0.29) is 22.2 Å². The molecular weight excluding hydrogens is 428 g/mol. The molecule has 2 aromatic heterocycles. The quantitative estimate of drug-likeness (QED) is 0.438. The van der Waals surface area contributed by atoms with E-state index >= 15 is 0 Å². The van der Waals surface area contributed by atoms with Crippen molar-refractivity contribution >= 4 is 29.1 Å². The molecule has 0 atom stereocenters. The summed E-state index contributed by atoms with van der Waals surface area (Å²) in [5.41, 5.74) is 5.53. The van der Waals surface area contributed by atoms with Crippen molar-refractivity contribution in [2.24, 2.45) is 0 Å². The molecule has 0 aliphatic rings. The molecule has 0 aliphatic heterocycles. The van der Waals surface area contributed by atoms with Gasteiger partial charge in [0.05, 0.1) is 15.6 Å². The summed E-state index contributed by atoms with van der Waals surface area (Å²) in [6.45, 7) is 3.11. The Morgan fingerprint density at radius 1 is 1.19 bits per heavy atom. The lowest BCUT2D eigenvalue weighted by Crippen LogP contribution is -2.44. The molecule has 0 saturated heterocycles. The van der Waals surface area contributed by atoms with Gasteiger partial charge in [-0.2, -0.15) is 5.10 Å². The van der Waals surface area contributed by atoms with Gasteiger partial charge in [0.1, 0.15) is 0 Å². The number of para-hydroxylation sites is 2. The SMILES string of the molecule is Cc1cc(C)n(-c2ccc(Cl)c(C(=O)NNC(=O)COc3ccccc3[N+](=O)[O-])n2)n1. The second kappa shape index (κ2) is 9.22. The topological polar surface area (TPSA) is 141 Å². The van der Waals surface area contributed by atoms with Gasteiger partial charge in [0.25, 0.3) is 11.8 Å². The number of aryl methyl sites for hydroxylation is 2. The summed E-state index contributed by atoms with van der Waals surface area (Å²) in [6.07, 6.45) is 0. The first-order valence-corrected chi connectivity index (χ1v) is 9.29. The van der Waals surface area contributed by atoms with Gasteiger partial charge in [-0.1, -0.05) is 23.7 Å². The fourth-order valence-corrected chi connectivity index (χ4v) is 2.86. The summed E-state index contributed by atoms with van der Waals surface area (Å²) in [7, 11) is 0. The molecule has 160 valence electrons. The van der Waals surface area contributed by atoms with Crippen LogP contribution in [0.2, 0.25) is 5.02 Å². The Bertz CT molecular complexity index is 1160. The first kappa shape index (κ1) is 21.7. The Morgan fingerprint density at radius 3 is 2.61 bits per heavy atom. The minimum Gasteiger partial charge on any atom is -0.477 e. The van der Waals surface area contributed by atoms with Crippen molar-refractivity contribution < 1.29 is 19.2 Å². The number of nitrogens with zero attached hydrogens (tertiary/aromatic N) is 4. The minimum atomic E-state index is -0.757. The number of aromatic nitrogens is 3. The summed E-state index contributed by atoms with van der Waals surface area (Å²) in [6, 6.07) is 10.6. The summed E-state index contributed by atoms with van der Waals surface area (Å²) in [5.74, 6) is -1.19. The standard InChI is InChI=1S/C19H17ClN6O5/c1-11-9-12(2)25(24-11)16-8-7-13(20)18(21-16)19(28)23-22-17(27)10-31-15-6-4-3-5-14(15)26(29)30/h3-9H,10H2,1-2H3,(H,22,27)(H,23,28). The van der Waals surface area contributed by atoms with Crippen LogP contribution in [0.5, 0.6) is 5.75 Å². The number of rotatable bonds is 6. The van der Waals surface area contributed by atoms with Crippen LogP contribution in [0.15, 0.2) is 42.5 Å². The average molecular weight is 445 g/mol. The number of nitro benzene ring substituents is 1. The summed E-state index contributed by atoms with van der Waals surface area (Å²) in [5, 5.41) is 15.3. The molecule has 12 heteroatoms. The molecule has 2 amide bonds. The maximum Gasteiger partial charge on any atom is 0.310 e. The minimum absolute atomic E-state index is 0.0729. The van der Waals surface area contributed by atoms with Crippen LogP contribution < -0.4 is 15.6 Å². The van der Waals surface area contributed by atoms with E-state index in [1.807, 2.05) is 19.9 Å². The Kier molecular flexibility index (Phi) is 6.46. The molecule has 0 spiro atoms. The second-order valence-electron chi connectivity index (χ2n) is 6.35. The van der Waals surface area contributed by atoms with Gasteiger partial charge >= 0.3 is 5.69 Å². The Hall–Kier alpha value is -3.99. The Balaban J connectivity index is 1.63. The first-order chi connectivity index (χ1) is 14.8. The zero-order chi connectivity index (χ0) is 22.5. The number of hydrogen-bond acceptors (Lipinski definition) is 7. The van der Waals surface area contributed by atoms with E-state index < -0.39 is 23.3 Å². The third-order valence-corrected chi connectivity index (χ3v) is 4.31. The highest BCUT2D eigenvalue weighted by atomic mass is 35.5. The van der Waals surface area contributed by atoms with E-state index in [9.17, 15) is 19.7 Å². The van der Waals surface area contributed by atoms with Gasteiger partial charge in [-0.25, -0.2) is 9.67 Å². The first-order valence-electron chi connectivity index (χ1n) is 8.92. The third kappa shape index (κ3) is 5.14. The summed E-state index contributed by atoms with van der Waals surface area (Å²) >= 11 is 6.07. The molecule has 0 fully saturated rings. The predicted octanol–water partition coefficient (Wildman–Crippen LogP) is 2.29. The Labute approximate surface area is 181 Å². The highest BCUT2D eigenvalue weighted by Crippen LogP contribution is 2.25. The smallest absolute Gasteiger partial charge is 0.310 e. The van der Waals surface area contributed by atoms with Crippen molar-refractivity contribution in [3.8, 4) is 11.6 Å². The zero-order valence-corrected chi connectivity index (χ0v) is 17.2. The van der Waals surface area contributed by atoms with Crippen molar-refractivity contribution in [3.05, 3.63) is 74.7 Å². The van der Waals surface area contributed by atoms with Crippen LogP contribution in [0.4, 0.5) is 5.69 Å². The van der Waals surface area contributed by atoms with Crippen LogP contribution in [-0.2, 0) is 4.79 Å². The molecule has 3 rings (SSSR count). The number of halogens is 1. The number of carbonyl (C=O) groups is 2. The van der Waals surface area contributed by atoms with Crippen LogP contribution >= 0.6 is 11.6 Å². The van der Waals surface area contributed by atoms with E-state index in [2.05, 4.69) is 20.9 Å². The highest BCUT2D eigenvalue weighted by Gasteiger charge is 2.18. The van der Waals surface area contributed by atoms with Gasteiger partial charge in [-0.3, -0.25) is 30.6 Å². The number of benzene rings is 1. The highest BCUT2D eigenvalue weighted by molar-refractivity contribution is 6.33. The molecular formula is C19H17ClN6O5. The number of ether oxygens (including phenoxy) is 1. The van der Waals surface area contributed by atoms with E-state index in [0.717, 1.165) is 11.4 Å². The van der Waals surface area contributed by atoms with E-state index in [0.29, 0.717) is 5.82 Å². The molecule has 0 unspecified atom stereocenters. The van der Waals surface area contributed by atoms with Crippen LogP contribution in [0, 0.1) is 24.0 Å². The number of carbonyl (C=O) groups excluding carboxylic acids is 2. The van der Waals surface area contributed by atoms with Gasteiger partial charge in [0.15, 0.2) is 23.9 Å². The molecule has 2 N–H and O–H groups in total. The molecule has 0 radical (unpaired) electrons. The van der Waals surface area contributed by atoms with E-state index in [1.165, 1.54) is 30.3 Å². The largest absolute Gasteiger partial charge is 0.477 e. The molecule has 0 bridgehead atoms. The van der Waals surface area contributed by atoms with Gasteiger partial charge in [0, 0.05) is 11.8 Å². The van der Waals surface area contributed by atoms with Crippen molar-refractivity contribution in [3.63, 3.8) is 0 Å². The third-order valence-electron chi connectivity index (χ3n) is 4.01. The second-order valence-corrected chi connectivity index (χ2v) is 6.76. The summed E-state index contributed by atoms with van der Waals surface area (Å²) in [4.78, 5) is 39.0. The molecule has 11 nitrogen and oxygen atoms in total.